The largest absolute Gasteiger partial charge is 0.481 e. The zero-order valence-corrected chi connectivity index (χ0v) is 12.4. The van der Waals surface area contributed by atoms with Gasteiger partial charge in [-0.1, -0.05) is 19.8 Å². The van der Waals surface area contributed by atoms with Gasteiger partial charge in [0.1, 0.15) is 11.6 Å². The highest BCUT2D eigenvalue weighted by Crippen LogP contribution is 2.23. The van der Waals surface area contributed by atoms with Crippen LogP contribution in [0.3, 0.4) is 0 Å². The number of aliphatic carboxylic acids is 1. The maximum atomic E-state index is 11.8. The quantitative estimate of drug-likeness (QED) is 0.375. The molecule has 6 heteroatoms. The second-order valence-corrected chi connectivity index (χ2v) is 5.46. The average molecular weight is 293 g/mol. The first-order chi connectivity index (χ1) is 10.0. The van der Waals surface area contributed by atoms with Crippen LogP contribution in [0.2, 0.25) is 0 Å². The van der Waals surface area contributed by atoms with Crippen molar-refractivity contribution in [2.45, 2.75) is 51.5 Å². The molecule has 0 spiro atoms. The summed E-state index contributed by atoms with van der Waals surface area (Å²) in [5.41, 5.74) is 0.0306. The Hall–Kier alpha value is -2.03. The molecule has 0 heterocycles. The Balaban J connectivity index is 2.41. The molecule has 0 aliphatic heterocycles. The number of carbonyl (C=O) groups excluding carboxylic acids is 1. The lowest BCUT2D eigenvalue weighted by Crippen LogP contribution is -2.35. The molecular weight excluding hydrogens is 270 g/mol. The van der Waals surface area contributed by atoms with E-state index in [4.69, 9.17) is 10.4 Å². The van der Waals surface area contributed by atoms with Crippen molar-refractivity contribution in [2.75, 3.05) is 6.54 Å². The number of nitrogens with zero attached hydrogens (tertiary/aromatic N) is 1. The van der Waals surface area contributed by atoms with Crippen molar-refractivity contribution >= 4 is 11.9 Å². The third-order valence-corrected chi connectivity index (χ3v) is 3.77. The molecule has 21 heavy (non-hydrogen) atoms. The molecule has 1 aliphatic carbocycles. The molecule has 0 aromatic carbocycles. The van der Waals surface area contributed by atoms with Gasteiger partial charge in [-0.15, -0.1) is 0 Å². The second kappa shape index (κ2) is 9.01. The number of carboxylic acids is 1. The minimum Gasteiger partial charge on any atom is -0.481 e. The summed E-state index contributed by atoms with van der Waals surface area (Å²) in [6.07, 6.45) is 6.46. The van der Waals surface area contributed by atoms with E-state index in [1.165, 1.54) is 19.0 Å². The molecule has 2 unspecified atom stereocenters. The summed E-state index contributed by atoms with van der Waals surface area (Å²) in [6, 6.07) is 2.18. The average Bonchev–Trinajstić information content (AvgIpc) is 2.46. The fourth-order valence-electron chi connectivity index (χ4n) is 2.44. The van der Waals surface area contributed by atoms with Crippen molar-refractivity contribution in [2.24, 2.45) is 5.92 Å². The summed E-state index contributed by atoms with van der Waals surface area (Å²) in [5.74, 6) is -0.819. The Kier molecular flexibility index (Phi) is 7.30. The van der Waals surface area contributed by atoms with Crippen molar-refractivity contribution in [3.8, 4) is 6.07 Å². The number of carboxylic acid groups (broad SMARTS) is 1. The maximum absolute atomic E-state index is 11.8. The summed E-state index contributed by atoms with van der Waals surface area (Å²) in [5, 5.41) is 23.3. The minimum absolute atomic E-state index is 0.00369. The SMILES string of the molecule is CC1CCCCC1N/C=C(/C#N)C(=O)NCCCC(=O)O. The lowest BCUT2D eigenvalue weighted by atomic mass is 9.86. The molecule has 0 bridgehead atoms. The smallest absolute Gasteiger partial charge is 0.303 e. The van der Waals surface area contributed by atoms with Crippen LogP contribution in [0, 0.1) is 17.2 Å². The van der Waals surface area contributed by atoms with E-state index in [2.05, 4.69) is 17.6 Å². The van der Waals surface area contributed by atoms with E-state index in [0.29, 0.717) is 18.4 Å². The van der Waals surface area contributed by atoms with Crippen molar-refractivity contribution in [1.29, 1.82) is 5.26 Å². The predicted octanol–water partition coefficient (Wildman–Crippen LogP) is 1.54. The third-order valence-electron chi connectivity index (χ3n) is 3.77. The van der Waals surface area contributed by atoms with E-state index in [9.17, 15) is 9.59 Å². The normalized spacial score (nSPS) is 22.2. The van der Waals surface area contributed by atoms with Crippen LogP contribution >= 0.6 is 0 Å². The van der Waals surface area contributed by atoms with Crippen LogP contribution in [0.4, 0.5) is 0 Å². The second-order valence-electron chi connectivity index (χ2n) is 5.46. The zero-order chi connectivity index (χ0) is 15.7. The molecule has 1 fully saturated rings. The third kappa shape index (κ3) is 6.30. The summed E-state index contributed by atoms with van der Waals surface area (Å²) in [4.78, 5) is 22.1. The zero-order valence-electron chi connectivity index (χ0n) is 12.4. The fraction of sp³-hybridized carbons (Fsp3) is 0.667. The van der Waals surface area contributed by atoms with E-state index in [1.54, 1.807) is 0 Å². The number of hydrogen-bond acceptors (Lipinski definition) is 4. The van der Waals surface area contributed by atoms with Crippen LogP contribution in [0.25, 0.3) is 0 Å². The molecule has 1 amide bonds. The van der Waals surface area contributed by atoms with Gasteiger partial charge in [0.2, 0.25) is 0 Å². The number of nitriles is 1. The first kappa shape index (κ1) is 17.0. The van der Waals surface area contributed by atoms with Crippen LogP contribution in [0.5, 0.6) is 0 Å². The summed E-state index contributed by atoms with van der Waals surface area (Å²) in [7, 11) is 0. The van der Waals surface area contributed by atoms with Gasteiger partial charge < -0.3 is 15.7 Å². The first-order valence-electron chi connectivity index (χ1n) is 7.41. The molecule has 0 radical (unpaired) electrons. The van der Waals surface area contributed by atoms with Crippen molar-refractivity contribution < 1.29 is 14.7 Å². The number of nitrogens with one attached hydrogen (secondary N) is 2. The van der Waals surface area contributed by atoms with Gasteiger partial charge in [-0.3, -0.25) is 9.59 Å². The number of amides is 1. The highest BCUT2D eigenvalue weighted by Gasteiger charge is 2.20. The maximum Gasteiger partial charge on any atom is 0.303 e. The van der Waals surface area contributed by atoms with Gasteiger partial charge >= 0.3 is 5.97 Å². The molecule has 0 aromatic rings. The van der Waals surface area contributed by atoms with Gasteiger partial charge in [-0.05, 0) is 25.2 Å². The van der Waals surface area contributed by atoms with Crippen LogP contribution in [0.15, 0.2) is 11.8 Å². The fourth-order valence-corrected chi connectivity index (χ4v) is 2.44. The number of carbonyl (C=O) groups is 2. The van der Waals surface area contributed by atoms with Crippen LogP contribution in [0.1, 0.15) is 45.4 Å². The molecule has 6 nitrogen and oxygen atoms in total. The first-order valence-corrected chi connectivity index (χ1v) is 7.41. The molecule has 1 saturated carbocycles. The van der Waals surface area contributed by atoms with Gasteiger partial charge in [-0.2, -0.15) is 5.26 Å². The van der Waals surface area contributed by atoms with Gasteiger partial charge in [0.25, 0.3) is 5.91 Å². The van der Waals surface area contributed by atoms with E-state index in [0.717, 1.165) is 12.8 Å². The lowest BCUT2D eigenvalue weighted by molar-refractivity contribution is -0.137. The Labute approximate surface area is 125 Å². The molecule has 2 atom stereocenters. The van der Waals surface area contributed by atoms with Gasteiger partial charge in [0.15, 0.2) is 0 Å². The minimum atomic E-state index is -0.895. The summed E-state index contributed by atoms with van der Waals surface area (Å²) < 4.78 is 0. The molecule has 1 rings (SSSR count). The van der Waals surface area contributed by atoms with Gasteiger partial charge in [0.05, 0.1) is 0 Å². The number of hydrogen-bond donors (Lipinski definition) is 3. The Morgan fingerprint density at radius 3 is 2.71 bits per heavy atom. The Bertz CT molecular complexity index is 440. The molecule has 1 aliphatic rings. The highest BCUT2D eigenvalue weighted by molar-refractivity contribution is 5.97. The molecule has 116 valence electrons. The Morgan fingerprint density at radius 1 is 1.38 bits per heavy atom. The van der Waals surface area contributed by atoms with E-state index in [1.807, 2.05) is 6.07 Å². The van der Waals surface area contributed by atoms with E-state index < -0.39 is 11.9 Å². The molecule has 3 N–H and O–H groups in total. The van der Waals surface area contributed by atoms with Crippen molar-refractivity contribution in [1.82, 2.24) is 10.6 Å². The number of rotatable bonds is 7. The van der Waals surface area contributed by atoms with Crippen molar-refractivity contribution in [3.63, 3.8) is 0 Å². The Morgan fingerprint density at radius 2 is 2.10 bits per heavy atom. The standard InChI is InChI=1S/C15H23N3O3/c1-11-5-2-3-6-13(11)18-10-12(9-16)15(21)17-8-4-7-14(19)20/h10-11,13,18H,2-8H2,1H3,(H,17,21)(H,19,20)/b12-10-. The molecule has 0 aromatic heterocycles. The van der Waals surface area contributed by atoms with Gasteiger partial charge in [-0.25, -0.2) is 0 Å². The molecule has 0 saturated heterocycles. The highest BCUT2D eigenvalue weighted by atomic mass is 16.4. The topological polar surface area (TPSA) is 102 Å². The lowest BCUT2D eigenvalue weighted by Gasteiger charge is -2.29. The van der Waals surface area contributed by atoms with Gasteiger partial charge in [0, 0.05) is 25.2 Å². The van der Waals surface area contributed by atoms with Crippen LogP contribution < -0.4 is 10.6 Å². The van der Waals surface area contributed by atoms with E-state index in [-0.39, 0.29) is 18.5 Å². The van der Waals surface area contributed by atoms with Crippen LogP contribution in [-0.2, 0) is 9.59 Å². The molecular formula is C15H23N3O3. The summed E-state index contributed by atoms with van der Waals surface area (Å²) in [6.45, 7) is 2.42. The summed E-state index contributed by atoms with van der Waals surface area (Å²) >= 11 is 0. The monoisotopic (exact) mass is 293 g/mol. The van der Waals surface area contributed by atoms with Crippen LogP contribution in [-0.4, -0.2) is 29.6 Å². The van der Waals surface area contributed by atoms with E-state index >= 15 is 0 Å². The van der Waals surface area contributed by atoms with Crippen molar-refractivity contribution in [3.05, 3.63) is 11.8 Å². The predicted molar refractivity (Wildman–Crippen MR) is 78.1 cm³/mol.